The van der Waals surface area contributed by atoms with Crippen LogP contribution in [0.15, 0.2) is 54.7 Å². The summed E-state index contributed by atoms with van der Waals surface area (Å²) in [7, 11) is 0. The molecule has 0 saturated heterocycles. The second-order valence-corrected chi connectivity index (χ2v) is 7.41. The molecule has 1 aliphatic rings. The van der Waals surface area contributed by atoms with Gasteiger partial charge in [0.2, 0.25) is 0 Å². The van der Waals surface area contributed by atoms with Crippen LogP contribution in [0.25, 0.3) is 16.6 Å². The Hall–Kier alpha value is -3.41. The van der Waals surface area contributed by atoms with Crippen LogP contribution in [0, 0.1) is 5.82 Å². The minimum atomic E-state index is -0.312. The van der Waals surface area contributed by atoms with Crippen LogP contribution in [0.3, 0.4) is 0 Å². The lowest BCUT2D eigenvalue weighted by atomic mass is 9.95. The smallest absolute Gasteiger partial charge is 0.272 e. The van der Waals surface area contributed by atoms with Gasteiger partial charge in [0.1, 0.15) is 5.82 Å². The van der Waals surface area contributed by atoms with Gasteiger partial charge >= 0.3 is 0 Å². The van der Waals surface area contributed by atoms with Crippen LogP contribution in [-0.4, -0.2) is 20.7 Å². The predicted octanol–water partition coefficient (Wildman–Crippen LogP) is 4.30. The van der Waals surface area contributed by atoms with Crippen LogP contribution >= 0.6 is 0 Å². The molecule has 0 saturated carbocycles. The average molecular weight is 388 g/mol. The zero-order valence-electron chi connectivity index (χ0n) is 15.9. The fourth-order valence-electron chi connectivity index (χ4n) is 4.14. The molecule has 2 heterocycles. The number of nitrogens with one attached hydrogen (secondary N) is 2. The maximum Gasteiger partial charge on any atom is 0.272 e. The summed E-state index contributed by atoms with van der Waals surface area (Å²) in [6.45, 7) is 0.421. The summed E-state index contributed by atoms with van der Waals surface area (Å²) in [5.74, 6) is -0.503. The lowest BCUT2D eigenvalue weighted by Crippen LogP contribution is -2.24. The Balaban J connectivity index is 1.45. The third kappa shape index (κ3) is 3.20. The van der Waals surface area contributed by atoms with E-state index in [4.69, 9.17) is 0 Å². The average Bonchev–Trinajstić information content (AvgIpc) is 3.34. The van der Waals surface area contributed by atoms with E-state index < -0.39 is 0 Å². The van der Waals surface area contributed by atoms with E-state index in [1.54, 1.807) is 10.7 Å². The van der Waals surface area contributed by atoms with Crippen LogP contribution in [0.2, 0.25) is 0 Å². The van der Waals surface area contributed by atoms with Gasteiger partial charge in [-0.3, -0.25) is 4.79 Å². The van der Waals surface area contributed by atoms with Crippen LogP contribution in [-0.2, 0) is 19.4 Å². The summed E-state index contributed by atoms with van der Waals surface area (Å²) in [6.07, 6.45) is 5.66. The number of amides is 1. The minimum absolute atomic E-state index is 0.191. The van der Waals surface area contributed by atoms with Gasteiger partial charge in [-0.15, -0.1) is 0 Å². The number of hydrogen-bond donors (Lipinski definition) is 2. The third-order valence-electron chi connectivity index (χ3n) is 5.56. The van der Waals surface area contributed by atoms with E-state index in [1.807, 2.05) is 36.5 Å². The van der Waals surface area contributed by atoms with Gasteiger partial charge in [-0.1, -0.05) is 24.3 Å². The number of carbonyl (C=O) groups is 1. The highest BCUT2D eigenvalue weighted by molar-refractivity contribution is 5.94. The Bertz CT molecular complexity index is 1210. The molecule has 0 aliphatic heterocycles. The Morgan fingerprint density at radius 3 is 2.90 bits per heavy atom. The van der Waals surface area contributed by atoms with Crippen LogP contribution in [0.1, 0.15) is 40.2 Å². The molecule has 1 aliphatic carbocycles. The molecule has 2 aromatic heterocycles. The number of H-pyrrole nitrogens is 1. The van der Waals surface area contributed by atoms with Crippen molar-refractivity contribution < 1.29 is 9.18 Å². The van der Waals surface area contributed by atoms with Gasteiger partial charge in [0.25, 0.3) is 5.91 Å². The maximum atomic E-state index is 13.7. The molecule has 0 bridgehead atoms. The molecule has 0 spiro atoms. The molecular formula is C23H21FN4O. The zero-order chi connectivity index (χ0) is 19.8. The van der Waals surface area contributed by atoms with Gasteiger partial charge < -0.3 is 10.3 Å². The fourth-order valence-corrected chi connectivity index (χ4v) is 4.14. The number of aromatic nitrogens is 3. The van der Waals surface area contributed by atoms with E-state index >= 15 is 0 Å². The van der Waals surface area contributed by atoms with Crippen molar-refractivity contribution in [1.29, 1.82) is 0 Å². The quantitative estimate of drug-likeness (QED) is 0.547. The van der Waals surface area contributed by atoms with Crippen molar-refractivity contribution in [1.82, 2.24) is 20.1 Å². The second kappa shape index (κ2) is 7.20. The summed E-state index contributed by atoms with van der Waals surface area (Å²) in [5.41, 5.74) is 5.18. The topological polar surface area (TPSA) is 62.7 Å². The molecule has 5 rings (SSSR count). The lowest BCUT2D eigenvalue weighted by Gasteiger charge is -2.14. The van der Waals surface area contributed by atoms with Gasteiger partial charge in [-0.05, 0) is 55.5 Å². The molecule has 4 aromatic rings. The first-order valence-electron chi connectivity index (χ1n) is 9.90. The molecule has 0 fully saturated rings. The minimum Gasteiger partial charge on any atom is -0.361 e. The summed E-state index contributed by atoms with van der Waals surface area (Å²) in [4.78, 5) is 16.2. The molecule has 0 unspecified atom stereocenters. The number of para-hydroxylation sites is 1. The van der Waals surface area contributed by atoms with E-state index in [1.165, 1.54) is 12.1 Å². The molecule has 146 valence electrons. The van der Waals surface area contributed by atoms with Crippen molar-refractivity contribution in [2.24, 2.45) is 0 Å². The number of carbonyl (C=O) groups excluding carboxylic acids is 1. The van der Waals surface area contributed by atoms with Crippen molar-refractivity contribution >= 4 is 16.8 Å². The molecular weight excluding hydrogens is 367 g/mol. The molecule has 6 heteroatoms. The third-order valence-corrected chi connectivity index (χ3v) is 5.56. The number of benzene rings is 2. The van der Waals surface area contributed by atoms with Crippen LogP contribution in [0.5, 0.6) is 0 Å². The standard InChI is InChI=1S/C23H21FN4O/c24-16-6-5-7-17(12-16)28-21-11-4-2-9-19(21)22(27-28)23(29)26-14-15-13-25-20-10-3-1-8-18(15)20/h1,3,5-8,10,12-13,25H,2,4,9,11,14H2,(H,26,29). The molecule has 5 nitrogen and oxygen atoms in total. The van der Waals surface area contributed by atoms with Crippen molar-refractivity contribution in [3.63, 3.8) is 0 Å². The molecule has 2 aromatic carbocycles. The second-order valence-electron chi connectivity index (χ2n) is 7.41. The molecule has 0 radical (unpaired) electrons. The van der Waals surface area contributed by atoms with Crippen molar-refractivity contribution in [2.75, 3.05) is 0 Å². The Morgan fingerprint density at radius 2 is 2.00 bits per heavy atom. The largest absolute Gasteiger partial charge is 0.361 e. The van der Waals surface area contributed by atoms with Crippen molar-refractivity contribution in [2.45, 2.75) is 32.2 Å². The number of halogens is 1. The summed E-state index contributed by atoms with van der Waals surface area (Å²) in [5, 5.41) is 8.70. The number of nitrogens with zero attached hydrogens (tertiary/aromatic N) is 2. The van der Waals surface area contributed by atoms with Gasteiger partial charge in [0, 0.05) is 34.9 Å². The molecule has 1 amide bonds. The zero-order valence-corrected chi connectivity index (χ0v) is 15.9. The molecule has 0 atom stereocenters. The Morgan fingerprint density at radius 1 is 1.14 bits per heavy atom. The van der Waals surface area contributed by atoms with E-state index in [9.17, 15) is 9.18 Å². The first-order valence-corrected chi connectivity index (χ1v) is 9.90. The summed E-state index contributed by atoms with van der Waals surface area (Å²) in [6, 6.07) is 14.4. The fraction of sp³-hybridized carbons (Fsp3) is 0.217. The van der Waals surface area contributed by atoms with Crippen molar-refractivity contribution in [3.8, 4) is 5.69 Å². The monoisotopic (exact) mass is 388 g/mol. The van der Waals surface area contributed by atoms with E-state index in [2.05, 4.69) is 15.4 Å². The number of rotatable bonds is 4. The summed E-state index contributed by atoms with van der Waals surface area (Å²) >= 11 is 0. The van der Waals surface area contributed by atoms with Gasteiger partial charge in [-0.25, -0.2) is 9.07 Å². The highest BCUT2D eigenvalue weighted by atomic mass is 19.1. The van der Waals surface area contributed by atoms with Crippen molar-refractivity contribution in [3.05, 3.63) is 83.1 Å². The maximum absolute atomic E-state index is 13.7. The number of fused-ring (bicyclic) bond motifs is 2. The molecule has 2 N–H and O–H groups in total. The first kappa shape index (κ1) is 17.7. The highest BCUT2D eigenvalue weighted by Gasteiger charge is 2.25. The van der Waals surface area contributed by atoms with Gasteiger partial charge in [0.05, 0.1) is 5.69 Å². The SMILES string of the molecule is O=C(NCc1c[nH]c2ccccc12)c1nn(-c2cccc(F)c2)c2c1CCCC2. The Labute approximate surface area is 167 Å². The number of aromatic amines is 1. The van der Waals surface area contributed by atoms with Gasteiger partial charge in [0.15, 0.2) is 5.69 Å². The lowest BCUT2D eigenvalue weighted by molar-refractivity contribution is 0.0944. The highest BCUT2D eigenvalue weighted by Crippen LogP contribution is 2.27. The molecule has 29 heavy (non-hydrogen) atoms. The van der Waals surface area contributed by atoms with E-state index in [0.29, 0.717) is 17.9 Å². The normalized spacial score (nSPS) is 13.4. The van der Waals surface area contributed by atoms with E-state index in [-0.39, 0.29) is 11.7 Å². The number of hydrogen-bond acceptors (Lipinski definition) is 2. The van der Waals surface area contributed by atoms with Crippen LogP contribution in [0.4, 0.5) is 4.39 Å². The Kier molecular flexibility index (Phi) is 4.39. The van der Waals surface area contributed by atoms with E-state index in [0.717, 1.165) is 53.4 Å². The first-order chi connectivity index (χ1) is 14.2. The van der Waals surface area contributed by atoms with Gasteiger partial charge in [-0.2, -0.15) is 5.10 Å². The summed E-state index contributed by atoms with van der Waals surface area (Å²) < 4.78 is 15.5. The predicted molar refractivity (Wildman–Crippen MR) is 110 cm³/mol. The van der Waals surface area contributed by atoms with Crippen LogP contribution < -0.4 is 5.32 Å².